The Kier molecular flexibility index (Phi) is 8.97. The van der Waals surface area contributed by atoms with Gasteiger partial charge < -0.3 is 9.47 Å². The van der Waals surface area contributed by atoms with Crippen LogP contribution in [0, 0.1) is 7.14 Å². The maximum absolute atomic E-state index is 12.2. The first-order valence-electron chi connectivity index (χ1n) is 9.39. The summed E-state index contributed by atoms with van der Waals surface area (Å²) in [5, 5.41) is 4.75. The molecule has 3 aromatic rings. The Morgan fingerprint density at radius 2 is 1.74 bits per heavy atom. The van der Waals surface area contributed by atoms with Gasteiger partial charge in [0.1, 0.15) is 18.1 Å². The molecule has 0 spiro atoms. The second-order valence-electron chi connectivity index (χ2n) is 6.35. The van der Waals surface area contributed by atoms with Gasteiger partial charge in [-0.05, 0) is 100 Å². The summed E-state index contributed by atoms with van der Waals surface area (Å²) in [6.45, 7) is 2.88. The number of rotatable bonds is 8. The van der Waals surface area contributed by atoms with Crippen LogP contribution >= 0.6 is 56.8 Å². The molecule has 3 aromatic carbocycles. The zero-order valence-electron chi connectivity index (χ0n) is 16.6. The number of nitrogens with zero attached hydrogens (tertiary/aromatic N) is 1. The Labute approximate surface area is 213 Å². The number of hydrazone groups is 1. The summed E-state index contributed by atoms with van der Waals surface area (Å²) >= 11 is 10.6. The molecule has 0 saturated carbocycles. The van der Waals surface area contributed by atoms with E-state index in [1.165, 1.54) is 0 Å². The van der Waals surface area contributed by atoms with Gasteiger partial charge in [0.15, 0.2) is 0 Å². The smallest absolute Gasteiger partial charge is 0.271 e. The summed E-state index contributed by atoms with van der Waals surface area (Å²) in [6.07, 6.45) is 1.61. The van der Waals surface area contributed by atoms with Gasteiger partial charge in [0, 0.05) is 16.1 Å². The highest BCUT2D eigenvalue weighted by atomic mass is 127. The van der Waals surface area contributed by atoms with Gasteiger partial charge in [0.25, 0.3) is 5.91 Å². The lowest BCUT2D eigenvalue weighted by Crippen LogP contribution is -2.17. The maximum atomic E-state index is 12.2. The van der Waals surface area contributed by atoms with Crippen LogP contribution in [-0.4, -0.2) is 18.7 Å². The molecule has 0 bridgehead atoms. The van der Waals surface area contributed by atoms with Crippen LogP contribution in [0.1, 0.15) is 28.4 Å². The maximum Gasteiger partial charge on any atom is 0.271 e. The zero-order chi connectivity index (χ0) is 22.2. The van der Waals surface area contributed by atoms with Gasteiger partial charge in [-0.2, -0.15) is 5.10 Å². The third-order valence-electron chi connectivity index (χ3n) is 4.16. The lowest BCUT2D eigenvalue weighted by Gasteiger charge is -2.12. The number of benzene rings is 3. The monoisotopic (exact) mass is 660 g/mol. The van der Waals surface area contributed by atoms with Crippen LogP contribution in [0.15, 0.2) is 65.8 Å². The Balaban J connectivity index is 1.62. The minimum atomic E-state index is -0.289. The molecule has 0 fully saturated rings. The van der Waals surface area contributed by atoms with E-state index >= 15 is 0 Å². The van der Waals surface area contributed by atoms with Crippen LogP contribution in [0.4, 0.5) is 0 Å². The molecule has 0 aromatic heterocycles. The van der Waals surface area contributed by atoms with Crippen molar-refractivity contribution in [3.63, 3.8) is 0 Å². The fourth-order valence-electron chi connectivity index (χ4n) is 2.66. The molecule has 1 amide bonds. The van der Waals surface area contributed by atoms with E-state index in [9.17, 15) is 4.79 Å². The lowest BCUT2D eigenvalue weighted by molar-refractivity contribution is 0.0955. The Morgan fingerprint density at radius 3 is 2.39 bits per heavy atom. The summed E-state index contributed by atoms with van der Waals surface area (Å²) in [6, 6.07) is 18.4. The van der Waals surface area contributed by atoms with Gasteiger partial charge in [-0.15, -0.1) is 0 Å². The first kappa shape index (κ1) is 23.8. The number of carbonyl (C=O) groups excluding carboxylic acids is 1. The number of halogens is 3. The summed E-state index contributed by atoms with van der Waals surface area (Å²) in [4.78, 5) is 12.2. The molecule has 160 valence electrons. The van der Waals surface area contributed by atoms with Crippen LogP contribution in [0.25, 0.3) is 0 Å². The second kappa shape index (κ2) is 11.7. The number of carbonyl (C=O) groups is 1. The van der Waals surface area contributed by atoms with E-state index in [-0.39, 0.29) is 5.91 Å². The number of nitrogens with one attached hydrogen (secondary N) is 1. The van der Waals surface area contributed by atoms with Gasteiger partial charge in [0.2, 0.25) is 0 Å². The third kappa shape index (κ3) is 6.81. The summed E-state index contributed by atoms with van der Waals surface area (Å²) in [5.41, 5.74) is 4.83. The molecule has 3 rings (SSSR count). The molecule has 0 unspecified atom stereocenters. The molecule has 0 heterocycles. The van der Waals surface area contributed by atoms with Crippen molar-refractivity contribution in [3.05, 3.63) is 89.5 Å². The van der Waals surface area contributed by atoms with E-state index in [0.29, 0.717) is 23.8 Å². The van der Waals surface area contributed by atoms with E-state index in [2.05, 4.69) is 55.7 Å². The summed E-state index contributed by atoms with van der Waals surface area (Å²) < 4.78 is 13.3. The van der Waals surface area contributed by atoms with Crippen molar-refractivity contribution in [1.29, 1.82) is 0 Å². The lowest BCUT2D eigenvalue weighted by atomic mass is 10.2. The first-order chi connectivity index (χ1) is 15.0. The molecule has 8 heteroatoms. The van der Waals surface area contributed by atoms with Crippen LogP contribution in [-0.2, 0) is 6.61 Å². The SMILES string of the molecule is CCOc1ccc(C(=O)N/N=C/c2cc(I)c(OCc3ccccc3Cl)c(I)c2)cc1. The minimum Gasteiger partial charge on any atom is -0.494 e. The van der Waals surface area contributed by atoms with Crippen molar-refractivity contribution in [2.24, 2.45) is 5.10 Å². The molecular weight excluding hydrogens is 642 g/mol. The number of hydrogen-bond donors (Lipinski definition) is 1. The fraction of sp³-hybridized carbons (Fsp3) is 0.130. The van der Waals surface area contributed by atoms with Gasteiger partial charge in [0.05, 0.1) is 20.0 Å². The standard InChI is InChI=1S/C23H19ClI2N2O3/c1-2-30-18-9-7-16(8-10-18)23(29)28-27-13-15-11-20(25)22(21(26)12-15)31-14-17-5-3-4-6-19(17)24/h3-13H,2,14H2,1H3,(H,28,29)/b27-13+. The minimum absolute atomic E-state index is 0.289. The Bertz CT molecular complexity index is 1070. The molecule has 0 aliphatic rings. The van der Waals surface area contributed by atoms with E-state index < -0.39 is 0 Å². The van der Waals surface area contributed by atoms with Crippen LogP contribution in [0.2, 0.25) is 5.02 Å². The predicted molar refractivity (Wildman–Crippen MR) is 140 cm³/mol. The van der Waals surface area contributed by atoms with Crippen molar-refractivity contribution in [2.45, 2.75) is 13.5 Å². The van der Waals surface area contributed by atoms with Gasteiger partial charge in [-0.3, -0.25) is 4.79 Å². The molecule has 0 saturated heterocycles. The Hall–Kier alpha value is -1.85. The van der Waals surface area contributed by atoms with Gasteiger partial charge >= 0.3 is 0 Å². The zero-order valence-corrected chi connectivity index (χ0v) is 21.6. The molecular formula is C23H19ClI2N2O3. The fourth-order valence-corrected chi connectivity index (χ4v) is 4.97. The first-order valence-corrected chi connectivity index (χ1v) is 11.9. The van der Waals surface area contributed by atoms with Crippen molar-refractivity contribution in [1.82, 2.24) is 5.43 Å². The molecule has 31 heavy (non-hydrogen) atoms. The molecule has 0 aliphatic heterocycles. The predicted octanol–water partition coefficient (Wildman–Crippen LogP) is 6.29. The molecule has 5 nitrogen and oxygen atoms in total. The number of amides is 1. The molecule has 0 aliphatic carbocycles. The van der Waals surface area contributed by atoms with Crippen LogP contribution < -0.4 is 14.9 Å². The molecule has 0 radical (unpaired) electrons. The van der Waals surface area contributed by atoms with Gasteiger partial charge in [-0.25, -0.2) is 5.43 Å². The molecule has 1 N–H and O–H groups in total. The third-order valence-corrected chi connectivity index (χ3v) is 6.13. The highest BCUT2D eigenvalue weighted by molar-refractivity contribution is 14.1. The largest absolute Gasteiger partial charge is 0.494 e. The van der Waals surface area contributed by atoms with Gasteiger partial charge in [-0.1, -0.05) is 29.8 Å². The summed E-state index contributed by atoms with van der Waals surface area (Å²) in [7, 11) is 0. The quantitative estimate of drug-likeness (QED) is 0.176. The average Bonchev–Trinajstić information content (AvgIpc) is 2.75. The number of ether oxygens (including phenoxy) is 2. The average molecular weight is 661 g/mol. The Morgan fingerprint density at radius 1 is 1.06 bits per heavy atom. The highest BCUT2D eigenvalue weighted by Gasteiger charge is 2.10. The number of hydrogen-bond acceptors (Lipinski definition) is 4. The van der Waals surface area contributed by atoms with E-state index in [1.807, 2.05) is 43.3 Å². The topological polar surface area (TPSA) is 59.9 Å². The summed E-state index contributed by atoms with van der Waals surface area (Å²) in [5.74, 6) is 1.23. The van der Waals surface area contributed by atoms with E-state index in [0.717, 1.165) is 29.8 Å². The molecule has 0 atom stereocenters. The highest BCUT2D eigenvalue weighted by Crippen LogP contribution is 2.30. The normalized spacial score (nSPS) is 10.8. The van der Waals surface area contributed by atoms with Crippen molar-refractivity contribution >= 4 is 68.9 Å². The van der Waals surface area contributed by atoms with Crippen LogP contribution in [0.3, 0.4) is 0 Å². The van der Waals surface area contributed by atoms with Crippen LogP contribution in [0.5, 0.6) is 11.5 Å². The van der Waals surface area contributed by atoms with Crippen molar-refractivity contribution in [2.75, 3.05) is 6.61 Å². The van der Waals surface area contributed by atoms with Crippen molar-refractivity contribution < 1.29 is 14.3 Å². The second-order valence-corrected chi connectivity index (χ2v) is 9.08. The van der Waals surface area contributed by atoms with Crippen molar-refractivity contribution in [3.8, 4) is 11.5 Å². The van der Waals surface area contributed by atoms with E-state index in [4.69, 9.17) is 21.1 Å². The van der Waals surface area contributed by atoms with E-state index in [1.54, 1.807) is 30.5 Å².